The molecule has 1 amide bonds. The number of ketones is 1. The molecular weight excluding hydrogens is 431 g/mol. The van der Waals surface area contributed by atoms with E-state index in [0.717, 1.165) is 35.2 Å². The summed E-state index contributed by atoms with van der Waals surface area (Å²) in [5.74, 6) is -5.48. The highest BCUT2D eigenvalue weighted by Gasteiger charge is 2.47. The van der Waals surface area contributed by atoms with Gasteiger partial charge < -0.3 is 5.11 Å². The van der Waals surface area contributed by atoms with Gasteiger partial charge in [-0.15, -0.1) is 0 Å². The van der Waals surface area contributed by atoms with E-state index in [-0.39, 0.29) is 27.4 Å². The van der Waals surface area contributed by atoms with Gasteiger partial charge in [-0.05, 0) is 42.0 Å². The molecule has 1 saturated heterocycles. The van der Waals surface area contributed by atoms with Crippen LogP contribution in [-0.2, 0) is 9.59 Å². The zero-order valence-corrected chi connectivity index (χ0v) is 16.4. The van der Waals surface area contributed by atoms with Gasteiger partial charge in [0.1, 0.15) is 11.6 Å². The van der Waals surface area contributed by atoms with Crippen molar-refractivity contribution in [3.8, 4) is 0 Å². The van der Waals surface area contributed by atoms with Crippen LogP contribution in [0.25, 0.3) is 5.76 Å². The number of halogens is 4. The fraction of sp³-hybridized carbons (Fsp3) is 0.0435. The zero-order valence-electron chi connectivity index (χ0n) is 15.7. The van der Waals surface area contributed by atoms with Gasteiger partial charge in [0.15, 0.2) is 11.6 Å². The van der Waals surface area contributed by atoms with Crippen molar-refractivity contribution in [2.75, 3.05) is 4.90 Å². The predicted octanol–water partition coefficient (Wildman–Crippen LogP) is 5.38. The van der Waals surface area contributed by atoms with Gasteiger partial charge in [-0.1, -0.05) is 35.9 Å². The fourth-order valence-electron chi connectivity index (χ4n) is 3.49. The number of benzene rings is 3. The van der Waals surface area contributed by atoms with Crippen LogP contribution in [0.1, 0.15) is 17.2 Å². The van der Waals surface area contributed by atoms with E-state index in [1.807, 2.05) is 0 Å². The minimum atomic E-state index is -1.22. The lowest BCUT2D eigenvalue weighted by atomic mass is 9.95. The summed E-state index contributed by atoms with van der Waals surface area (Å²) < 4.78 is 40.8. The number of hydrogen-bond acceptors (Lipinski definition) is 3. The van der Waals surface area contributed by atoms with Gasteiger partial charge >= 0.3 is 0 Å². The third-order valence-electron chi connectivity index (χ3n) is 4.91. The summed E-state index contributed by atoms with van der Waals surface area (Å²) >= 11 is 5.97. The van der Waals surface area contributed by atoms with E-state index in [1.165, 1.54) is 24.3 Å². The van der Waals surface area contributed by atoms with Crippen molar-refractivity contribution in [1.29, 1.82) is 0 Å². The number of Topliss-reactive ketones (excluding diaryl/α,β-unsaturated/α-hetero) is 1. The summed E-state index contributed by atoms with van der Waals surface area (Å²) in [6.07, 6.45) is 0. The first-order valence-electron chi connectivity index (χ1n) is 9.05. The molecule has 8 heteroatoms. The smallest absolute Gasteiger partial charge is 0.300 e. The van der Waals surface area contributed by atoms with Crippen molar-refractivity contribution < 1.29 is 27.9 Å². The molecule has 1 N–H and O–H groups in total. The topological polar surface area (TPSA) is 57.6 Å². The second-order valence-corrected chi connectivity index (χ2v) is 7.27. The highest BCUT2D eigenvalue weighted by atomic mass is 35.5. The SMILES string of the molecule is O=C1C(=O)N(c2ccc(F)c(F)c2)C(c2ccc(F)cc2)/C1=C(\O)c1cccc(Cl)c1. The van der Waals surface area contributed by atoms with Gasteiger partial charge in [-0.25, -0.2) is 13.2 Å². The molecule has 156 valence electrons. The van der Waals surface area contributed by atoms with Crippen LogP contribution in [0.2, 0.25) is 5.02 Å². The minimum Gasteiger partial charge on any atom is -0.507 e. The molecule has 0 saturated carbocycles. The van der Waals surface area contributed by atoms with Crippen LogP contribution in [0.5, 0.6) is 0 Å². The Kier molecular flexibility index (Phi) is 5.29. The summed E-state index contributed by atoms with van der Waals surface area (Å²) in [5, 5.41) is 11.2. The fourth-order valence-corrected chi connectivity index (χ4v) is 3.68. The Balaban J connectivity index is 1.96. The molecule has 1 aliphatic heterocycles. The monoisotopic (exact) mass is 443 g/mol. The average Bonchev–Trinajstić information content (AvgIpc) is 3.01. The maximum Gasteiger partial charge on any atom is 0.300 e. The van der Waals surface area contributed by atoms with Crippen molar-refractivity contribution in [3.63, 3.8) is 0 Å². The molecule has 1 heterocycles. The van der Waals surface area contributed by atoms with E-state index in [0.29, 0.717) is 0 Å². The molecule has 4 rings (SSSR count). The van der Waals surface area contributed by atoms with Crippen LogP contribution in [-0.4, -0.2) is 16.8 Å². The summed E-state index contributed by atoms with van der Waals surface area (Å²) in [6, 6.07) is 12.5. The normalized spacial score (nSPS) is 17.9. The first kappa shape index (κ1) is 20.7. The van der Waals surface area contributed by atoms with Crippen LogP contribution in [0.4, 0.5) is 18.9 Å². The van der Waals surface area contributed by atoms with Crippen molar-refractivity contribution in [1.82, 2.24) is 0 Å². The highest BCUT2D eigenvalue weighted by molar-refractivity contribution is 6.51. The second-order valence-electron chi connectivity index (χ2n) is 6.83. The third kappa shape index (κ3) is 3.68. The number of anilines is 1. The van der Waals surface area contributed by atoms with Crippen LogP contribution >= 0.6 is 11.6 Å². The number of aliphatic hydroxyl groups is 1. The first-order chi connectivity index (χ1) is 14.8. The van der Waals surface area contributed by atoms with Gasteiger partial charge in [0.2, 0.25) is 0 Å². The highest BCUT2D eigenvalue weighted by Crippen LogP contribution is 2.42. The lowest BCUT2D eigenvalue weighted by Crippen LogP contribution is -2.29. The van der Waals surface area contributed by atoms with Crippen molar-refractivity contribution in [2.45, 2.75) is 6.04 Å². The molecular formula is C23H13ClF3NO3. The molecule has 1 unspecified atom stereocenters. The molecule has 0 aliphatic carbocycles. The van der Waals surface area contributed by atoms with Crippen LogP contribution in [0, 0.1) is 17.5 Å². The molecule has 1 fully saturated rings. The summed E-state index contributed by atoms with van der Waals surface area (Å²) in [4.78, 5) is 26.7. The largest absolute Gasteiger partial charge is 0.507 e. The van der Waals surface area contributed by atoms with E-state index in [9.17, 15) is 27.9 Å². The minimum absolute atomic E-state index is 0.0968. The lowest BCUT2D eigenvalue weighted by Gasteiger charge is -2.25. The first-order valence-corrected chi connectivity index (χ1v) is 9.43. The van der Waals surface area contributed by atoms with E-state index < -0.39 is 40.9 Å². The van der Waals surface area contributed by atoms with E-state index in [2.05, 4.69) is 0 Å². The second kappa shape index (κ2) is 7.92. The van der Waals surface area contributed by atoms with Gasteiger partial charge in [0.25, 0.3) is 11.7 Å². The van der Waals surface area contributed by atoms with Crippen LogP contribution < -0.4 is 4.90 Å². The Labute approximate surface area is 179 Å². The Bertz CT molecular complexity index is 1240. The standard InChI is InChI=1S/C23H13ClF3NO3/c24-14-3-1-2-13(10-14)21(29)19-20(12-4-6-15(25)7-5-12)28(23(31)22(19)30)16-8-9-17(26)18(27)11-16/h1-11,20,29H/b21-19+. The van der Waals surface area contributed by atoms with E-state index in [4.69, 9.17) is 11.6 Å². The number of amides is 1. The molecule has 3 aromatic rings. The molecule has 0 aromatic heterocycles. The van der Waals surface area contributed by atoms with Gasteiger partial charge in [0, 0.05) is 22.3 Å². The Morgan fingerprint density at radius 1 is 0.903 bits per heavy atom. The predicted molar refractivity (Wildman–Crippen MR) is 109 cm³/mol. The quantitative estimate of drug-likeness (QED) is 0.336. The summed E-state index contributed by atoms with van der Waals surface area (Å²) in [7, 11) is 0. The van der Waals surface area contributed by atoms with Gasteiger partial charge in [-0.2, -0.15) is 0 Å². The molecule has 1 atom stereocenters. The van der Waals surface area contributed by atoms with E-state index in [1.54, 1.807) is 12.1 Å². The number of hydrogen-bond donors (Lipinski definition) is 1. The molecule has 31 heavy (non-hydrogen) atoms. The Morgan fingerprint density at radius 3 is 2.26 bits per heavy atom. The van der Waals surface area contributed by atoms with Crippen LogP contribution in [0.15, 0.2) is 72.3 Å². The summed E-state index contributed by atoms with van der Waals surface area (Å²) in [6.45, 7) is 0. The number of carbonyl (C=O) groups excluding carboxylic acids is 2. The number of aliphatic hydroxyl groups excluding tert-OH is 1. The Morgan fingerprint density at radius 2 is 1.61 bits per heavy atom. The summed E-state index contributed by atoms with van der Waals surface area (Å²) in [5.41, 5.74) is 0.0842. The van der Waals surface area contributed by atoms with Crippen molar-refractivity contribution >= 4 is 34.7 Å². The molecule has 0 spiro atoms. The molecule has 0 bridgehead atoms. The van der Waals surface area contributed by atoms with Crippen molar-refractivity contribution in [3.05, 3.63) is 106 Å². The molecule has 3 aromatic carbocycles. The average molecular weight is 444 g/mol. The maximum atomic E-state index is 13.9. The maximum absolute atomic E-state index is 13.9. The van der Waals surface area contributed by atoms with Crippen molar-refractivity contribution in [2.24, 2.45) is 0 Å². The third-order valence-corrected chi connectivity index (χ3v) is 5.14. The van der Waals surface area contributed by atoms with Gasteiger partial charge in [-0.3, -0.25) is 14.5 Å². The van der Waals surface area contributed by atoms with Gasteiger partial charge in [0.05, 0.1) is 11.6 Å². The van der Waals surface area contributed by atoms with Crippen LogP contribution in [0.3, 0.4) is 0 Å². The molecule has 0 radical (unpaired) electrons. The zero-order chi connectivity index (χ0) is 22.3. The number of rotatable bonds is 3. The number of nitrogens with zero attached hydrogens (tertiary/aromatic N) is 1. The lowest BCUT2D eigenvalue weighted by molar-refractivity contribution is -0.132. The number of carbonyl (C=O) groups is 2. The molecule has 4 nitrogen and oxygen atoms in total. The van der Waals surface area contributed by atoms with E-state index >= 15 is 0 Å². The molecule has 1 aliphatic rings. The Hall–Kier alpha value is -3.58.